The number of amides is 1. The average Bonchev–Trinajstić information content (AvgIpc) is 3.24. The summed E-state index contributed by atoms with van der Waals surface area (Å²) in [5.74, 6) is 0.548. The van der Waals surface area contributed by atoms with Crippen LogP contribution in [0.25, 0.3) is 0 Å². The minimum atomic E-state index is -0.232. The molecular weight excluding hydrogens is 350 g/mol. The van der Waals surface area contributed by atoms with Crippen molar-refractivity contribution in [1.29, 1.82) is 0 Å². The summed E-state index contributed by atoms with van der Waals surface area (Å²) in [7, 11) is 1.85. The predicted molar refractivity (Wildman–Crippen MR) is 102 cm³/mol. The molecule has 6 nitrogen and oxygen atoms in total. The quantitative estimate of drug-likeness (QED) is 0.790. The first kappa shape index (κ1) is 18.6. The van der Waals surface area contributed by atoms with Crippen molar-refractivity contribution in [2.45, 2.75) is 31.8 Å². The second-order valence-electron chi connectivity index (χ2n) is 6.75. The number of hydrogen-bond acceptors (Lipinski definition) is 4. The third kappa shape index (κ3) is 3.97. The van der Waals surface area contributed by atoms with Crippen molar-refractivity contribution < 1.29 is 4.79 Å². The van der Waals surface area contributed by atoms with Gasteiger partial charge in [0.1, 0.15) is 6.33 Å². The summed E-state index contributed by atoms with van der Waals surface area (Å²) in [6, 6.07) is 7.91. The number of carbonyl (C=O) groups excluding carboxylic acids is 1. The number of hydrogen-bond donors (Lipinski definition) is 1. The molecule has 0 aliphatic carbocycles. The zero-order valence-corrected chi connectivity index (χ0v) is 15.9. The lowest BCUT2D eigenvalue weighted by molar-refractivity contribution is -0.118. The molecule has 1 aliphatic heterocycles. The smallest absolute Gasteiger partial charge is 0.248 e. The Kier molecular flexibility index (Phi) is 5.74. The Morgan fingerprint density at radius 1 is 1.46 bits per heavy atom. The van der Waals surface area contributed by atoms with E-state index in [1.165, 1.54) is 0 Å². The molecule has 2 heterocycles. The molecule has 0 saturated carbocycles. The molecule has 1 saturated heterocycles. The van der Waals surface area contributed by atoms with E-state index in [9.17, 15) is 4.79 Å². The Bertz CT molecular complexity index is 803. The number of nitrogens with one attached hydrogen (secondary N) is 1. The van der Waals surface area contributed by atoms with Gasteiger partial charge in [-0.25, -0.2) is 0 Å². The van der Waals surface area contributed by atoms with Gasteiger partial charge in [-0.15, -0.1) is 10.2 Å². The fourth-order valence-corrected chi connectivity index (χ4v) is 3.74. The summed E-state index contributed by atoms with van der Waals surface area (Å²) >= 11 is 6.37. The lowest BCUT2D eigenvalue weighted by Crippen LogP contribution is -2.34. The van der Waals surface area contributed by atoms with Crippen molar-refractivity contribution in [1.82, 2.24) is 25.0 Å². The molecule has 1 aromatic carbocycles. The minimum Gasteiger partial charge on any atom is -0.343 e. The van der Waals surface area contributed by atoms with E-state index in [4.69, 9.17) is 11.6 Å². The maximum absolute atomic E-state index is 12.5. The van der Waals surface area contributed by atoms with Crippen LogP contribution in [-0.4, -0.2) is 38.7 Å². The first-order valence-electron chi connectivity index (χ1n) is 8.78. The lowest BCUT2D eigenvalue weighted by Gasteiger charge is -2.26. The van der Waals surface area contributed by atoms with Gasteiger partial charge in [-0.3, -0.25) is 9.69 Å². The van der Waals surface area contributed by atoms with Gasteiger partial charge in [0.05, 0.1) is 6.04 Å². The number of benzene rings is 1. The van der Waals surface area contributed by atoms with E-state index in [1.54, 1.807) is 10.9 Å². The van der Waals surface area contributed by atoms with Gasteiger partial charge >= 0.3 is 0 Å². The highest BCUT2D eigenvalue weighted by molar-refractivity contribution is 6.31. The Morgan fingerprint density at radius 2 is 2.23 bits per heavy atom. The molecule has 1 fully saturated rings. The Balaban J connectivity index is 1.62. The molecule has 1 amide bonds. The van der Waals surface area contributed by atoms with Crippen LogP contribution in [0.1, 0.15) is 43.2 Å². The Morgan fingerprint density at radius 3 is 2.92 bits per heavy atom. The number of likely N-dealkylation sites (tertiary alicyclic amines) is 1. The van der Waals surface area contributed by atoms with E-state index in [1.807, 2.05) is 32.2 Å². The maximum atomic E-state index is 12.5. The van der Waals surface area contributed by atoms with E-state index >= 15 is 0 Å². The van der Waals surface area contributed by atoms with E-state index in [0.717, 1.165) is 30.0 Å². The molecule has 3 rings (SSSR count). The van der Waals surface area contributed by atoms with Crippen LogP contribution in [0, 0.1) is 0 Å². The van der Waals surface area contributed by atoms with Gasteiger partial charge in [-0.2, -0.15) is 0 Å². The number of halogens is 1. The summed E-state index contributed by atoms with van der Waals surface area (Å²) in [4.78, 5) is 14.8. The predicted octanol–water partition coefficient (Wildman–Crippen LogP) is 3.04. The fraction of sp³-hybridized carbons (Fsp3) is 0.421. The van der Waals surface area contributed by atoms with Crippen molar-refractivity contribution in [3.05, 3.63) is 59.2 Å². The van der Waals surface area contributed by atoms with Gasteiger partial charge in [0.25, 0.3) is 0 Å². The van der Waals surface area contributed by atoms with Crippen LogP contribution in [0.4, 0.5) is 0 Å². The van der Waals surface area contributed by atoms with Crippen molar-refractivity contribution in [2.24, 2.45) is 7.05 Å². The van der Waals surface area contributed by atoms with Crippen molar-refractivity contribution in [2.75, 3.05) is 13.1 Å². The first-order valence-corrected chi connectivity index (χ1v) is 9.16. The summed E-state index contributed by atoms with van der Waals surface area (Å²) in [6.45, 7) is 7.34. The second-order valence-corrected chi connectivity index (χ2v) is 7.16. The van der Waals surface area contributed by atoms with E-state index in [-0.39, 0.29) is 18.0 Å². The SMILES string of the molecule is C=C(CN1CCCC1c1ccccc1Cl)C(=O)NC(C)c1nncn1C. The summed E-state index contributed by atoms with van der Waals surface area (Å²) < 4.78 is 1.79. The largest absolute Gasteiger partial charge is 0.343 e. The van der Waals surface area contributed by atoms with Crippen LogP contribution in [0.15, 0.2) is 42.7 Å². The molecule has 1 aromatic heterocycles. The standard InChI is InChI=1S/C19H24ClN5O/c1-13(19(26)22-14(2)18-23-21-12-24(18)3)11-25-10-6-9-17(25)15-7-4-5-8-16(15)20/h4-5,7-8,12,14,17H,1,6,9-11H2,2-3H3,(H,22,26). The number of carbonyl (C=O) groups is 1. The molecule has 0 spiro atoms. The molecule has 7 heteroatoms. The van der Waals surface area contributed by atoms with Crippen molar-refractivity contribution in [3.8, 4) is 0 Å². The molecule has 0 bridgehead atoms. The number of aryl methyl sites for hydroxylation is 1. The van der Waals surface area contributed by atoms with Crippen LogP contribution in [0.2, 0.25) is 5.02 Å². The first-order chi connectivity index (χ1) is 12.5. The lowest BCUT2D eigenvalue weighted by atomic mass is 10.0. The zero-order valence-electron chi connectivity index (χ0n) is 15.2. The van der Waals surface area contributed by atoms with Crippen molar-refractivity contribution >= 4 is 17.5 Å². The Labute approximate surface area is 158 Å². The molecule has 26 heavy (non-hydrogen) atoms. The minimum absolute atomic E-state index is 0.162. The van der Waals surface area contributed by atoms with Gasteiger partial charge in [0, 0.05) is 30.2 Å². The van der Waals surface area contributed by atoms with Gasteiger partial charge in [-0.1, -0.05) is 36.4 Å². The van der Waals surface area contributed by atoms with Crippen LogP contribution < -0.4 is 5.32 Å². The zero-order chi connectivity index (χ0) is 18.7. The number of nitrogens with zero attached hydrogens (tertiary/aromatic N) is 4. The molecular formula is C19H24ClN5O. The van der Waals surface area contributed by atoms with Crippen molar-refractivity contribution in [3.63, 3.8) is 0 Å². The van der Waals surface area contributed by atoms with E-state index in [2.05, 4.69) is 33.1 Å². The fourth-order valence-electron chi connectivity index (χ4n) is 3.48. The van der Waals surface area contributed by atoms with Gasteiger partial charge in [0.15, 0.2) is 5.82 Å². The van der Waals surface area contributed by atoms with Crippen LogP contribution in [0.5, 0.6) is 0 Å². The topological polar surface area (TPSA) is 63.1 Å². The normalized spacial score (nSPS) is 18.7. The third-order valence-corrected chi connectivity index (χ3v) is 5.17. The second kappa shape index (κ2) is 8.01. The van der Waals surface area contributed by atoms with E-state index < -0.39 is 0 Å². The molecule has 2 aromatic rings. The maximum Gasteiger partial charge on any atom is 0.248 e. The number of aromatic nitrogens is 3. The molecule has 2 atom stereocenters. The molecule has 138 valence electrons. The highest BCUT2D eigenvalue weighted by Gasteiger charge is 2.29. The molecule has 0 radical (unpaired) electrons. The van der Waals surface area contributed by atoms with Gasteiger partial charge in [-0.05, 0) is 37.9 Å². The summed E-state index contributed by atoms with van der Waals surface area (Å²) in [5, 5.41) is 11.6. The third-order valence-electron chi connectivity index (χ3n) is 4.82. The van der Waals surface area contributed by atoms with Crippen LogP contribution >= 0.6 is 11.6 Å². The summed E-state index contributed by atoms with van der Waals surface area (Å²) in [5.41, 5.74) is 1.66. The average molecular weight is 374 g/mol. The van der Waals surface area contributed by atoms with Crippen LogP contribution in [0.3, 0.4) is 0 Å². The highest BCUT2D eigenvalue weighted by atomic mass is 35.5. The monoisotopic (exact) mass is 373 g/mol. The van der Waals surface area contributed by atoms with E-state index in [0.29, 0.717) is 17.9 Å². The van der Waals surface area contributed by atoms with Gasteiger partial charge < -0.3 is 9.88 Å². The highest BCUT2D eigenvalue weighted by Crippen LogP contribution is 2.35. The molecule has 1 N–H and O–H groups in total. The molecule has 2 unspecified atom stereocenters. The van der Waals surface area contributed by atoms with Gasteiger partial charge in [0.2, 0.25) is 5.91 Å². The molecule has 1 aliphatic rings. The number of rotatable bonds is 6. The van der Waals surface area contributed by atoms with Crippen LogP contribution in [-0.2, 0) is 11.8 Å². The summed E-state index contributed by atoms with van der Waals surface area (Å²) in [6.07, 6.45) is 3.74. The Hall–Kier alpha value is -2.18.